The molecule has 1 heterocycles. The Morgan fingerprint density at radius 3 is 2.64 bits per heavy atom. The zero-order valence-electron chi connectivity index (χ0n) is 7.01. The molecule has 3 nitrogen and oxygen atoms in total. The molecule has 0 atom stereocenters. The molecule has 0 saturated carbocycles. The predicted octanol–water partition coefficient (Wildman–Crippen LogP) is 1.24. The van der Waals surface area contributed by atoms with Crippen LogP contribution in [0.3, 0.4) is 0 Å². The van der Waals surface area contributed by atoms with Gasteiger partial charge in [-0.05, 0) is 12.1 Å². The number of rotatable bonds is 2. The molecule has 0 radical (unpaired) electrons. The van der Waals surface area contributed by atoms with Crippen LogP contribution in [-0.4, -0.2) is 17.3 Å². The summed E-state index contributed by atoms with van der Waals surface area (Å²) < 4.78 is 36.9. The van der Waals surface area contributed by atoms with Crippen molar-refractivity contribution in [3.63, 3.8) is 0 Å². The zero-order chi connectivity index (χ0) is 10.8. The van der Waals surface area contributed by atoms with Crippen LogP contribution in [0.4, 0.5) is 13.2 Å². The van der Waals surface area contributed by atoms with Crippen LogP contribution < -0.4 is 5.73 Å². The minimum atomic E-state index is -4.57. The van der Waals surface area contributed by atoms with Gasteiger partial charge in [-0.25, -0.2) is 0 Å². The third-order valence-corrected chi connectivity index (χ3v) is 1.56. The lowest BCUT2D eigenvalue weighted by atomic mass is 10.1. The highest BCUT2D eigenvalue weighted by Crippen LogP contribution is 2.30. The van der Waals surface area contributed by atoms with Gasteiger partial charge >= 0.3 is 6.18 Å². The van der Waals surface area contributed by atoms with E-state index < -0.39 is 29.8 Å². The number of hydrogen-bond acceptors (Lipinski definition) is 3. The molecule has 0 spiro atoms. The molecule has 1 aromatic heterocycles. The fourth-order valence-corrected chi connectivity index (χ4v) is 0.953. The molecule has 0 aliphatic heterocycles. The molecular formula is C8H7F3N2O. The van der Waals surface area contributed by atoms with Gasteiger partial charge in [0, 0.05) is 6.20 Å². The number of aromatic nitrogens is 1. The van der Waals surface area contributed by atoms with E-state index in [0.717, 1.165) is 18.3 Å². The summed E-state index contributed by atoms with van der Waals surface area (Å²) in [5.41, 5.74) is 3.29. The molecule has 0 saturated heterocycles. The van der Waals surface area contributed by atoms with E-state index in [1.165, 1.54) is 0 Å². The van der Waals surface area contributed by atoms with Crippen molar-refractivity contribution in [2.45, 2.75) is 6.18 Å². The zero-order valence-corrected chi connectivity index (χ0v) is 7.01. The molecule has 2 N–H and O–H groups in total. The molecular weight excluding hydrogens is 197 g/mol. The summed E-state index contributed by atoms with van der Waals surface area (Å²) in [6.07, 6.45) is -3.45. The van der Waals surface area contributed by atoms with Crippen molar-refractivity contribution >= 4 is 5.78 Å². The molecule has 0 aliphatic carbocycles. The van der Waals surface area contributed by atoms with Crippen LogP contribution in [0.2, 0.25) is 0 Å². The third-order valence-electron chi connectivity index (χ3n) is 1.56. The van der Waals surface area contributed by atoms with Gasteiger partial charge in [-0.1, -0.05) is 0 Å². The van der Waals surface area contributed by atoms with Crippen molar-refractivity contribution < 1.29 is 18.0 Å². The molecule has 76 valence electrons. The summed E-state index contributed by atoms with van der Waals surface area (Å²) in [6.45, 7) is -0.486. The molecule has 1 rings (SSSR count). The van der Waals surface area contributed by atoms with Crippen molar-refractivity contribution in [2.24, 2.45) is 5.73 Å². The summed E-state index contributed by atoms with van der Waals surface area (Å²) in [5.74, 6) is -0.821. The largest absolute Gasteiger partial charge is 0.418 e. The van der Waals surface area contributed by atoms with E-state index in [9.17, 15) is 18.0 Å². The molecule has 0 bridgehead atoms. The van der Waals surface area contributed by atoms with Crippen LogP contribution in [0.1, 0.15) is 16.1 Å². The Labute approximate surface area is 77.7 Å². The lowest BCUT2D eigenvalue weighted by Crippen LogP contribution is -2.20. The van der Waals surface area contributed by atoms with Crippen molar-refractivity contribution in [2.75, 3.05) is 6.54 Å². The number of ketones is 1. The minimum absolute atomic E-state index is 0.486. The van der Waals surface area contributed by atoms with Gasteiger partial charge < -0.3 is 5.73 Å². The Balaban J connectivity index is 3.23. The summed E-state index contributed by atoms with van der Waals surface area (Å²) in [4.78, 5) is 14.4. The Morgan fingerprint density at radius 1 is 1.50 bits per heavy atom. The number of pyridine rings is 1. The monoisotopic (exact) mass is 204 g/mol. The van der Waals surface area contributed by atoms with Gasteiger partial charge in [-0.15, -0.1) is 0 Å². The Bertz CT molecular complexity index is 349. The van der Waals surface area contributed by atoms with Crippen molar-refractivity contribution in [3.05, 3.63) is 29.6 Å². The molecule has 0 unspecified atom stereocenters. The van der Waals surface area contributed by atoms with Gasteiger partial charge in [-0.2, -0.15) is 13.2 Å². The topological polar surface area (TPSA) is 56.0 Å². The van der Waals surface area contributed by atoms with Crippen molar-refractivity contribution in [1.82, 2.24) is 4.98 Å². The Morgan fingerprint density at radius 2 is 2.14 bits per heavy atom. The number of carbonyl (C=O) groups is 1. The number of nitrogens with zero attached hydrogens (tertiary/aromatic N) is 1. The van der Waals surface area contributed by atoms with E-state index in [4.69, 9.17) is 5.73 Å². The van der Waals surface area contributed by atoms with E-state index in [1.54, 1.807) is 0 Å². The predicted molar refractivity (Wildman–Crippen MR) is 42.6 cm³/mol. The van der Waals surface area contributed by atoms with E-state index in [0.29, 0.717) is 0 Å². The van der Waals surface area contributed by atoms with Crippen LogP contribution in [0.25, 0.3) is 0 Å². The second kappa shape index (κ2) is 3.75. The van der Waals surface area contributed by atoms with E-state index in [1.807, 2.05) is 0 Å². The first kappa shape index (κ1) is 10.6. The number of nitrogens with two attached hydrogens (primary N) is 1. The van der Waals surface area contributed by atoms with Crippen LogP contribution >= 0.6 is 0 Å². The van der Waals surface area contributed by atoms with Crippen LogP contribution in [0.15, 0.2) is 18.3 Å². The summed E-state index contributed by atoms with van der Waals surface area (Å²) >= 11 is 0. The molecule has 0 fully saturated rings. The molecule has 14 heavy (non-hydrogen) atoms. The van der Waals surface area contributed by atoms with E-state index >= 15 is 0 Å². The molecule has 0 aliphatic rings. The van der Waals surface area contributed by atoms with Crippen molar-refractivity contribution in [1.29, 1.82) is 0 Å². The summed E-state index contributed by atoms with van der Waals surface area (Å²) in [5, 5.41) is 0. The number of Topliss-reactive ketones (excluding diaryl/α,β-unsaturated/α-hetero) is 1. The lowest BCUT2D eigenvalue weighted by molar-refractivity contribution is -0.138. The third kappa shape index (κ3) is 2.08. The second-order valence-electron chi connectivity index (χ2n) is 2.52. The maximum atomic E-state index is 12.3. The van der Waals surface area contributed by atoms with Gasteiger partial charge in [0.05, 0.1) is 12.1 Å². The quantitative estimate of drug-likeness (QED) is 0.737. The van der Waals surface area contributed by atoms with Gasteiger partial charge in [0.25, 0.3) is 0 Å². The number of carbonyl (C=O) groups excluding carboxylic acids is 1. The van der Waals surface area contributed by atoms with Gasteiger partial charge in [-0.3, -0.25) is 9.78 Å². The second-order valence-corrected chi connectivity index (χ2v) is 2.52. The fourth-order valence-electron chi connectivity index (χ4n) is 0.953. The first-order valence-corrected chi connectivity index (χ1v) is 3.72. The van der Waals surface area contributed by atoms with Crippen molar-refractivity contribution in [3.8, 4) is 0 Å². The lowest BCUT2D eigenvalue weighted by Gasteiger charge is -2.09. The maximum Gasteiger partial charge on any atom is 0.418 e. The Kier molecular flexibility index (Phi) is 2.85. The Hall–Kier alpha value is -1.43. The smallest absolute Gasteiger partial charge is 0.324 e. The van der Waals surface area contributed by atoms with Crippen LogP contribution in [0.5, 0.6) is 0 Å². The minimum Gasteiger partial charge on any atom is -0.324 e. The van der Waals surface area contributed by atoms with Crippen LogP contribution in [-0.2, 0) is 6.18 Å². The first-order valence-electron chi connectivity index (χ1n) is 3.72. The highest BCUT2D eigenvalue weighted by Gasteiger charge is 2.35. The van der Waals surface area contributed by atoms with E-state index in [2.05, 4.69) is 4.98 Å². The first-order chi connectivity index (χ1) is 6.46. The fraction of sp³-hybridized carbons (Fsp3) is 0.250. The molecule has 0 aromatic carbocycles. The SMILES string of the molecule is NCC(=O)c1ncccc1C(F)(F)F. The average Bonchev–Trinajstić information content (AvgIpc) is 2.15. The average molecular weight is 204 g/mol. The highest BCUT2D eigenvalue weighted by atomic mass is 19.4. The van der Waals surface area contributed by atoms with Gasteiger partial charge in [0.2, 0.25) is 0 Å². The number of halogens is 3. The standard InChI is InChI=1S/C8H7F3N2O/c9-8(10,11)5-2-1-3-13-7(5)6(14)4-12/h1-3H,4,12H2. The summed E-state index contributed by atoms with van der Waals surface area (Å²) in [7, 11) is 0. The number of alkyl halides is 3. The summed E-state index contributed by atoms with van der Waals surface area (Å²) in [6, 6.07) is 1.92. The maximum absolute atomic E-state index is 12.3. The highest BCUT2D eigenvalue weighted by molar-refractivity contribution is 5.97. The van der Waals surface area contributed by atoms with Gasteiger partial charge in [0.1, 0.15) is 5.69 Å². The normalized spacial score (nSPS) is 11.4. The van der Waals surface area contributed by atoms with Crippen LogP contribution in [0, 0.1) is 0 Å². The van der Waals surface area contributed by atoms with E-state index in [-0.39, 0.29) is 0 Å². The molecule has 6 heteroatoms. The molecule has 0 amide bonds. The van der Waals surface area contributed by atoms with Gasteiger partial charge in [0.15, 0.2) is 5.78 Å². The molecule has 1 aromatic rings. The number of hydrogen-bond donors (Lipinski definition) is 1.